The van der Waals surface area contributed by atoms with Gasteiger partial charge in [-0.1, -0.05) is 6.92 Å². The first-order valence-electron chi connectivity index (χ1n) is 5.69. The summed E-state index contributed by atoms with van der Waals surface area (Å²) < 4.78 is 0. The summed E-state index contributed by atoms with van der Waals surface area (Å²) in [6.45, 7) is 3.37. The van der Waals surface area contributed by atoms with Crippen molar-refractivity contribution in [2.75, 3.05) is 12.4 Å². The van der Waals surface area contributed by atoms with Crippen LogP contribution in [-0.4, -0.2) is 29.4 Å². The van der Waals surface area contributed by atoms with Gasteiger partial charge in [-0.3, -0.25) is 9.59 Å². The van der Waals surface area contributed by atoms with E-state index in [1.165, 1.54) is 0 Å². The molecule has 4 N–H and O–H groups in total. The van der Waals surface area contributed by atoms with E-state index < -0.39 is 17.4 Å². The zero-order chi connectivity index (χ0) is 13.8. The number of nitrogens with zero attached hydrogens (tertiary/aromatic N) is 1. The van der Waals surface area contributed by atoms with E-state index in [0.717, 1.165) is 5.69 Å². The fraction of sp³-hybridized carbons (Fsp3) is 0.417. The molecule has 0 aliphatic rings. The first-order chi connectivity index (χ1) is 8.42. The van der Waals surface area contributed by atoms with Gasteiger partial charge < -0.3 is 16.4 Å². The van der Waals surface area contributed by atoms with Gasteiger partial charge >= 0.3 is 0 Å². The molecule has 18 heavy (non-hydrogen) atoms. The van der Waals surface area contributed by atoms with E-state index in [4.69, 9.17) is 5.73 Å². The minimum atomic E-state index is -1.06. The van der Waals surface area contributed by atoms with Gasteiger partial charge in [0.2, 0.25) is 5.91 Å². The highest BCUT2D eigenvalue weighted by molar-refractivity contribution is 5.97. The maximum absolute atomic E-state index is 11.9. The number of hydrogen-bond acceptors (Lipinski definition) is 4. The molecule has 1 aromatic heterocycles. The maximum atomic E-state index is 11.9. The van der Waals surface area contributed by atoms with E-state index in [2.05, 4.69) is 15.6 Å². The highest BCUT2D eigenvalue weighted by Gasteiger charge is 2.31. The number of pyridine rings is 1. The van der Waals surface area contributed by atoms with Crippen LogP contribution in [0.15, 0.2) is 18.3 Å². The predicted molar refractivity (Wildman–Crippen MR) is 69.1 cm³/mol. The van der Waals surface area contributed by atoms with E-state index in [0.29, 0.717) is 6.42 Å². The van der Waals surface area contributed by atoms with Gasteiger partial charge in [0.25, 0.3) is 5.91 Å². The number of carbonyl (C=O) groups excluding carboxylic acids is 2. The van der Waals surface area contributed by atoms with Crippen LogP contribution in [0, 0.1) is 0 Å². The zero-order valence-electron chi connectivity index (χ0n) is 10.8. The van der Waals surface area contributed by atoms with Gasteiger partial charge in [-0.05, 0) is 25.5 Å². The van der Waals surface area contributed by atoms with Crippen molar-refractivity contribution in [1.82, 2.24) is 10.3 Å². The number of carbonyl (C=O) groups is 2. The summed E-state index contributed by atoms with van der Waals surface area (Å²) in [6, 6.07) is 3.31. The highest BCUT2D eigenvalue weighted by atomic mass is 16.2. The van der Waals surface area contributed by atoms with E-state index in [1.54, 1.807) is 39.2 Å². The Morgan fingerprint density at radius 2 is 2.11 bits per heavy atom. The third-order valence-corrected chi connectivity index (χ3v) is 2.93. The predicted octanol–water partition coefficient (Wildman–Crippen LogP) is 0.507. The van der Waals surface area contributed by atoms with Gasteiger partial charge in [-0.2, -0.15) is 0 Å². The summed E-state index contributed by atoms with van der Waals surface area (Å²) in [4.78, 5) is 27.2. The molecular weight excluding hydrogens is 232 g/mol. The van der Waals surface area contributed by atoms with Crippen molar-refractivity contribution in [2.24, 2.45) is 5.73 Å². The van der Waals surface area contributed by atoms with Gasteiger partial charge in [-0.15, -0.1) is 0 Å². The smallest absolute Gasteiger partial charge is 0.270 e. The topological polar surface area (TPSA) is 97.1 Å². The fourth-order valence-electron chi connectivity index (χ4n) is 1.31. The van der Waals surface area contributed by atoms with E-state index in [-0.39, 0.29) is 5.69 Å². The Kier molecular flexibility index (Phi) is 4.25. The number of nitrogens with one attached hydrogen (secondary N) is 2. The van der Waals surface area contributed by atoms with E-state index >= 15 is 0 Å². The van der Waals surface area contributed by atoms with E-state index in [1.807, 2.05) is 0 Å². The van der Waals surface area contributed by atoms with Crippen molar-refractivity contribution >= 4 is 17.5 Å². The molecule has 0 saturated heterocycles. The molecule has 0 aliphatic carbocycles. The van der Waals surface area contributed by atoms with Crippen molar-refractivity contribution in [2.45, 2.75) is 25.8 Å². The molecule has 0 saturated carbocycles. The second-order valence-corrected chi connectivity index (χ2v) is 4.19. The number of hydrogen-bond donors (Lipinski definition) is 3. The fourth-order valence-corrected chi connectivity index (χ4v) is 1.31. The highest BCUT2D eigenvalue weighted by Crippen LogP contribution is 2.10. The van der Waals surface area contributed by atoms with Crippen LogP contribution in [0.25, 0.3) is 0 Å². The SMILES string of the molecule is CCC(C)(NC(=O)c1ccc(NC)cn1)C(N)=O. The van der Waals surface area contributed by atoms with Crippen LogP contribution in [0.2, 0.25) is 0 Å². The number of nitrogens with two attached hydrogens (primary N) is 1. The van der Waals surface area contributed by atoms with Crippen LogP contribution in [0.3, 0.4) is 0 Å². The number of amides is 2. The molecule has 6 heteroatoms. The quantitative estimate of drug-likeness (QED) is 0.709. The summed E-state index contributed by atoms with van der Waals surface area (Å²) >= 11 is 0. The van der Waals surface area contributed by atoms with Crippen LogP contribution in [0.5, 0.6) is 0 Å². The van der Waals surface area contributed by atoms with Gasteiger partial charge in [0, 0.05) is 7.05 Å². The van der Waals surface area contributed by atoms with Gasteiger partial charge in [0.05, 0.1) is 11.9 Å². The average molecular weight is 250 g/mol. The van der Waals surface area contributed by atoms with Crippen LogP contribution in [0.1, 0.15) is 30.8 Å². The van der Waals surface area contributed by atoms with Gasteiger partial charge in [-0.25, -0.2) is 4.98 Å². The van der Waals surface area contributed by atoms with Crippen molar-refractivity contribution in [3.63, 3.8) is 0 Å². The molecule has 0 aliphatic heterocycles. The molecule has 1 rings (SSSR count). The molecule has 98 valence electrons. The lowest BCUT2D eigenvalue weighted by Gasteiger charge is -2.25. The second kappa shape index (κ2) is 5.48. The first kappa shape index (κ1) is 14.0. The lowest BCUT2D eigenvalue weighted by atomic mass is 9.98. The molecule has 6 nitrogen and oxygen atoms in total. The van der Waals surface area contributed by atoms with Gasteiger partial charge in [0.15, 0.2) is 0 Å². The number of anilines is 1. The molecule has 2 amide bonds. The minimum absolute atomic E-state index is 0.245. The van der Waals surface area contributed by atoms with Crippen molar-refractivity contribution in [1.29, 1.82) is 0 Å². The lowest BCUT2D eigenvalue weighted by Crippen LogP contribution is -2.55. The molecule has 0 radical (unpaired) electrons. The minimum Gasteiger partial charge on any atom is -0.387 e. The Hall–Kier alpha value is -2.11. The summed E-state index contributed by atoms with van der Waals surface area (Å²) in [5, 5.41) is 5.50. The second-order valence-electron chi connectivity index (χ2n) is 4.19. The zero-order valence-corrected chi connectivity index (χ0v) is 10.8. The summed E-state index contributed by atoms with van der Waals surface area (Å²) in [6.07, 6.45) is 1.96. The molecule has 1 atom stereocenters. The molecule has 1 aromatic rings. The normalized spacial score (nSPS) is 13.5. The van der Waals surface area contributed by atoms with Gasteiger partial charge in [0.1, 0.15) is 11.2 Å². The summed E-state index contributed by atoms with van der Waals surface area (Å²) in [5.41, 5.74) is 5.26. The van der Waals surface area contributed by atoms with Crippen molar-refractivity contribution in [3.05, 3.63) is 24.0 Å². The van der Waals surface area contributed by atoms with Crippen molar-refractivity contribution in [3.8, 4) is 0 Å². The summed E-state index contributed by atoms with van der Waals surface area (Å²) in [5.74, 6) is -0.981. The maximum Gasteiger partial charge on any atom is 0.270 e. The Morgan fingerprint density at radius 1 is 1.44 bits per heavy atom. The molecule has 1 unspecified atom stereocenters. The number of aromatic nitrogens is 1. The molecule has 1 heterocycles. The molecular formula is C12H18N4O2. The van der Waals surface area contributed by atoms with Crippen LogP contribution < -0.4 is 16.4 Å². The standard InChI is InChI=1S/C12H18N4O2/c1-4-12(2,11(13)18)16-10(17)9-6-5-8(14-3)7-15-9/h5-7,14H,4H2,1-3H3,(H2,13,18)(H,16,17). The van der Waals surface area contributed by atoms with Crippen LogP contribution in [-0.2, 0) is 4.79 Å². The molecule has 0 aromatic carbocycles. The first-order valence-corrected chi connectivity index (χ1v) is 5.69. The van der Waals surface area contributed by atoms with Crippen LogP contribution in [0.4, 0.5) is 5.69 Å². The Labute approximate surface area is 106 Å². The summed E-state index contributed by atoms with van der Waals surface area (Å²) in [7, 11) is 1.76. The largest absolute Gasteiger partial charge is 0.387 e. The Morgan fingerprint density at radius 3 is 2.50 bits per heavy atom. The number of rotatable bonds is 5. The molecule has 0 bridgehead atoms. The molecule has 0 fully saturated rings. The lowest BCUT2D eigenvalue weighted by molar-refractivity contribution is -0.123. The van der Waals surface area contributed by atoms with E-state index in [9.17, 15) is 9.59 Å². The van der Waals surface area contributed by atoms with Crippen molar-refractivity contribution < 1.29 is 9.59 Å². The third-order valence-electron chi connectivity index (χ3n) is 2.93. The Bertz CT molecular complexity index is 444. The molecule has 0 spiro atoms. The average Bonchev–Trinajstić information content (AvgIpc) is 2.38. The van der Waals surface area contributed by atoms with Crippen LogP contribution >= 0.6 is 0 Å². The number of primary amides is 1. The third kappa shape index (κ3) is 2.97. The Balaban J connectivity index is 2.84. The monoisotopic (exact) mass is 250 g/mol.